The Bertz CT molecular complexity index is 581. The second-order valence-electron chi connectivity index (χ2n) is 4.95. The maximum Gasteiger partial charge on any atom is 0.260 e. The Hall–Kier alpha value is -1.22. The van der Waals surface area contributed by atoms with E-state index in [0.29, 0.717) is 45.3 Å². The topological polar surface area (TPSA) is 72.0 Å². The number of ether oxygens (including phenoxy) is 2. The highest BCUT2D eigenvalue weighted by Gasteiger charge is 2.28. The van der Waals surface area contributed by atoms with E-state index in [-0.39, 0.29) is 5.03 Å². The van der Waals surface area contributed by atoms with Gasteiger partial charge >= 0.3 is 0 Å². The largest absolute Gasteiger partial charge is 0.379 e. The summed E-state index contributed by atoms with van der Waals surface area (Å²) in [5.41, 5.74) is 0. The van der Waals surface area contributed by atoms with Gasteiger partial charge in [-0.1, -0.05) is 6.07 Å². The molecule has 0 N–H and O–H groups in total. The van der Waals surface area contributed by atoms with Crippen LogP contribution in [0, 0.1) is 0 Å². The van der Waals surface area contributed by atoms with Crippen LogP contribution in [0.15, 0.2) is 23.2 Å². The Kier molecular flexibility index (Phi) is 4.39. The van der Waals surface area contributed by atoms with Gasteiger partial charge in [0, 0.05) is 26.2 Å². The van der Waals surface area contributed by atoms with Crippen LogP contribution < -0.4 is 4.90 Å². The van der Waals surface area contributed by atoms with Crippen molar-refractivity contribution in [3.63, 3.8) is 0 Å². The van der Waals surface area contributed by atoms with Gasteiger partial charge in [0.25, 0.3) is 10.0 Å². The molecule has 7 nitrogen and oxygen atoms in total. The molecule has 2 saturated heterocycles. The zero-order chi connectivity index (χ0) is 14.7. The first-order chi connectivity index (χ1) is 10.2. The van der Waals surface area contributed by atoms with Crippen molar-refractivity contribution in [3.05, 3.63) is 18.2 Å². The molecule has 3 heterocycles. The summed E-state index contributed by atoms with van der Waals surface area (Å²) in [5, 5.41) is 0.105. The van der Waals surface area contributed by atoms with E-state index in [1.54, 1.807) is 12.1 Å². The highest BCUT2D eigenvalue weighted by molar-refractivity contribution is 7.89. The minimum Gasteiger partial charge on any atom is -0.379 e. The molecule has 0 saturated carbocycles. The normalized spacial score (nSPS) is 21.4. The Morgan fingerprint density at radius 2 is 1.57 bits per heavy atom. The molecule has 0 aliphatic carbocycles. The molecule has 3 rings (SSSR count). The van der Waals surface area contributed by atoms with Crippen molar-refractivity contribution in [2.45, 2.75) is 5.03 Å². The fourth-order valence-corrected chi connectivity index (χ4v) is 3.79. The van der Waals surface area contributed by atoms with Gasteiger partial charge in [0.15, 0.2) is 5.03 Å². The summed E-state index contributed by atoms with van der Waals surface area (Å²) in [5.74, 6) is 0.688. The zero-order valence-electron chi connectivity index (χ0n) is 11.8. The molecule has 0 amide bonds. The van der Waals surface area contributed by atoms with Crippen molar-refractivity contribution in [2.75, 3.05) is 57.5 Å². The molecule has 116 valence electrons. The number of aromatic nitrogens is 1. The molecule has 0 radical (unpaired) electrons. The Morgan fingerprint density at radius 3 is 2.24 bits per heavy atom. The van der Waals surface area contributed by atoms with Crippen LogP contribution in [0.5, 0.6) is 0 Å². The quantitative estimate of drug-likeness (QED) is 0.778. The van der Waals surface area contributed by atoms with Crippen molar-refractivity contribution >= 4 is 15.8 Å². The van der Waals surface area contributed by atoms with E-state index in [0.717, 1.165) is 13.1 Å². The second kappa shape index (κ2) is 6.27. The Labute approximate surface area is 124 Å². The molecule has 0 bridgehead atoms. The lowest BCUT2D eigenvalue weighted by Crippen LogP contribution is -2.41. The van der Waals surface area contributed by atoms with Crippen LogP contribution in [0.25, 0.3) is 0 Å². The molecule has 2 aliphatic heterocycles. The van der Waals surface area contributed by atoms with Crippen LogP contribution in [-0.4, -0.2) is 70.3 Å². The van der Waals surface area contributed by atoms with E-state index in [1.807, 2.05) is 11.0 Å². The molecule has 1 aromatic heterocycles. The number of sulfonamides is 1. The third kappa shape index (κ3) is 3.18. The molecular weight excluding hydrogens is 294 g/mol. The summed E-state index contributed by atoms with van der Waals surface area (Å²) in [6, 6.07) is 5.13. The summed E-state index contributed by atoms with van der Waals surface area (Å²) in [6.45, 7) is 4.37. The minimum atomic E-state index is -3.54. The third-order valence-electron chi connectivity index (χ3n) is 3.62. The first-order valence-corrected chi connectivity index (χ1v) is 8.49. The van der Waals surface area contributed by atoms with Crippen LogP contribution >= 0.6 is 0 Å². The number of pyridine rings is 1. The predicted molar refractivity (Wildman–Crippen MR) is 76.8 cm³/mol. The SMILES string of the molecule is O=S(=O)(c1cccc(N2CCOCC2)n1)N1CCOCC1. The molecule has 8 heteroatoms. The Morgan fingerprint density at radius 1 is 0.952 bits per heavy atom. The highest BCUT2D eigenvalue weighted by Crippen LogP contribution is 2.19. The van der Waals surface area contributed by atoms with Gasteiger partial charge in [-0.2, -0.15) is 4.31 Å². The number of hydrogen-bond acceptors (Lipinski definition) is 6. The molecule has 21 heavy (non-hydrogen) atoms. The van der Waals surface area contributed by atoms with Crippen molar-refractivity contribution < 1.29 is 17.9 Å². The maximum atomic E-state index is 12.6. The monoisotopic (exact) mass is 313 g/mol. The Balaban J connectivity index is 1.84. The molecule has 0 aromatic carbocycles. The van der Waals surface area contributed by atoms with Gasteiger partial charge in [-0.15, -0.1) is 0 Å². The average Bonchev–Trinajstić information content (AvgIpc) is 2.57. The summed E-state index contributed by atoms with van der Waals surface area (Å²) in [7, 11) is -3.54. The van der Waals surface area contributed by atoms with Gasteiger partial charge in [-0.05, 0) is 12.1 Å². The molecule has 2 fully saturated rings. The molecule has 0 atom stereocenters. The lowest BCUT2D eigenvalue weighted by atomic mass is 10.4. The van der Waals surface area contributed by atoms with Gasteiger partial charge in [-0.25, -0.2) is 13.4 Å². The number of anilines is 1. The van der Waals surface area contributed by atoms with E-state index in [9.17, 15) is 8.42 Å². The second-order valence-corrected chi connectivity index (χ2v) is 6.83. The van der Waals surface area contributed by atoms with Gasteiger partial charge in [0.2, 0.25) is 0 Å². The fourth-order valence-electron chi connectivity index (χ4n) is 2.44. The predicted octanol–water partition coefficient (Wildman–Crippen LogP) is -0.0609. The van der Waals surface area contributed by atoms with Crippen molar-refractivity contribution in [1.82, 2.24) is 9.29 Å². The number of hydrogen-bond donors (Lipinski definition) is 0. The summed E-state index contributed by atoms with van der Waals surface area (Å²) in [6.07, 6.45) is 0. The zero-order valence-corrected chi connectivity index (χ0v) is 12.6. The van der Waals surface area contributed by atoms with E-state index in [2.05, 4.69) is 4.98 Å². The molecular formula is C13H19N3O4S. The van der Waals surface area contributed by atoms with E-state index >= 15 is 0 Å². The van der Waals surface area contributed by atoms with E-state index in [1.165, 1.54) is 4.31 Å². The molecule has 0 unspecified atom stereocenters. The summed E-state index contributed by atoms with van der Waals surface area (Å²) < 4.78 is 37.1. The van der Waals surface area contributed by atoms with Crippen molar-refractivity contribution in [2.24, 2.45) is 0 Å². The number of rotatable bonds is 3. The highest BCUT2D eigenvalue weighted by atomic mass is 32.2. The van der Waals surface area contributed by atoms with Crippen LogP contribution in [0.1, 0.15) is 0 Å². The lowest BCUT2D eigenvalue weighted by Gasteiger charge is -2.29. The maximum absolute atomic E-state index is 12.6. The van der Waals surface area contributed by atoms with Gasteiger partial charge < -0.3 is 14.4 Å². The first kappa shape index (κ1) is 14.7. The standard InChI is InChI=1S/C13H19N3O4S/c17-21(18,16-6-10-20-11-7-16)13-3-1-2-12(14-13)15-4-8-19-9-5-15/h1-3H,4-11H2. The lowest BCUT2D eigenvalue weighted by molar-refractivity contribution is 0.0729. The third-order valence-corrected chi connectivity index (χ3v) is 5.42. The molecule has 0 spiro atoms. The first-order valence-electron chi connectivity index (χ1n) is 7.05. The minimum absolute atomic E-state index is 0.105. The number of nitrogens with zero attached hydrogens (tertiary/aromatic N) is 3. The molecule has 1 aromatic rings. The van der Waals surface area contributed by atoms with Crippen molar-refractivity contribution in [1.29, 1.82) is 0 Å². The number of morpholine rings is 2. The molecule has 2 aliphatic rings. The van der Waals surface area contributed by atoms with E-state index < -0.39 is 10.0 Å². The van der Waals surface area contributed by atoms with Crippen molar-refractivity contribution in [3.8, 4) is 0 Å². The van der Waals surface area contributed by atoms with Crippen LogP contribution in [0.3, 0.4) is 0 Å². The summed E-state index contributed by atoms with van der Waals surface area (Å²) >= 11 is 0. The van der Waals surface area contributed by atoms with Crippen LogP contribution in [0.4, 0.5) is 5.82 Å². The van der Waals surface area contributed by atoms with E-state index in [4.69, 9.17) is 9.47 Å². The van der Waals surface area contributed by atoms with Gasteiger partial charge in [0.05, 0.1) is 26.4 Å². The van der Waals surface area contributed by atoms with Crippen LogP contribution in [-0.2, 0) is 19.5 Å². The fraction of sp³-hybridized carbons (Fsp3) is 0.615. The summed E-state index contributed by atoms with van der Waals surface area (Å²) in [4.78, 5) is 6.39. The smallest absolute Gasteiger partial charge is 0.260 e. The average molecular weight is 313 g/mol. The van der Waals surface area contributed by atoms with Crippen LogP contribution in [0.2, 0.25) is 0 Å². The van der Waals surface area contributed by atoms with Gasteiger partial charge in [0.1, 0.15) is 5.82 Å². The van der Waals surface area contributed by atoms with Gasteiger partial charge in [-0.3, -0.25) is 0 Å².